The molecule has 166 valence electrons. The summed E-state index contributed by atoms with van der Waals surface area (Å²) in [7, 11) is -4.09. The van der Waals surface area contributed by atoms with E-state index < -0.39 is 21.7 Å². The largest absolute Gasteiger partial charge is 0.506 e. The number of halogens is 1. The molecule has 33 heavy (non-hydrogen) atoms. The SMILES string of the molecule is O=C(Nc1ccc(-c2ccccc2)cc1)c1ccc(O)c(NS(=O)(=O)c2ccc(F)cc2)c1. The van der Waals surface area contributed by atoms with Gasteiger partial charge in [-0.15, -0.1) is 0 Å². The first-order valence-electron chi connectivity index (χ1n) is 9.90. The molecule has 0 unspecified atom stereocenters. The van der Waals surface area contributed by atoms with Crippen molar-refractivity contribution in [2.75, 3.05) is 10.0 Å². The highest BCUT2D eigenvalue weighted by molar-refractivity contribution is 7.92. The van der Waals surface area contributed by atoms with Crippen LogP contribution in [0.3, 0.4) is 0 Å². The highest BCUT2D eigenvalue weighted by atomic mass is 32.2. The van der Waals surface area contributed by atoms with Crippen LogP contribution < -0.4 is 10.0 Å². The molecule has 0 saturated carbocycles. The molecule has 0 aliphatic rings. The number of aromatic hydroxyl groups is 1. The fraction of sp³-hybridized carbons (Fsp3) is 0. The molecule has 0 saturated heterocycles. The molecule has 0 fully saturated rings. The number of anilines is 2. The third-order valence-corrected chi connectivity index (χ3v) is 6.26. The smallest absolute Gasteiger partial charge is 0.262 e. The molecule has 0 bridgehead atoms. The summed E-state index contributed by atoms with van der Waals surface area (Å²) < 4.78 is 40.4. The number of phenols is 1. The maximum atomic E-state index is 13.1. The minimum Gasteiger partial charge on any atom is -0.506 e. The van der Waals surface area contributed by atoms with Crippen LogP contribution in [0.4, 0.5) is 15.8 Å². The van der Waals surface area contributed by atoms with E-state index in [0.717, 1.165) is 35.4 Å². The van der Waals surface area contributed by atoms with Crippen molar-refractivity contribution < 1.29 is 22.7 Å². The van der Waals surface area contributed by atoms with E-state index in [1.807, 2.05) is 42.5 Å². The number of hydrogen-bond acceptors (Lipinski definition) is 4. The molecule has 8 heteroatoms. The van der Waals surface area contributed by atoms with Gasteiger partial charge in [-0.25, -0.2) is 12.8 Å². The van der Waals surface area contributed by atoms with Crippen molar-refractivity contribution in [1.82, 2.24) is 0 Å². The van der Waals surface area contributed by atoms with E-state index in [1.165, 1.54) is 18.2 Å². The third-order valence-electron chi connectivity index (χ3n) is 4.88. The lowest BCUT2D eigenvalue weighted by atomic mass is 10.1. The number of amides is 1. The van der Waals surface area contributed by atoms with Gasteiger partial charge in [0.2, 0.25) is 0 Å². The molecule has 0 aliphatic heterocycles. The zero-order valence-electron chi connectivity index (χ0n) is 17.2. The Hall–Kier alpha value is -4.17. The Balaban J connectivity index is 1.51. The zero-order valence-corrected chi connectivity index (χ0v) is 18.0. The van der Waals surface area contributed by atoms with Gasteiger partial charge in [0.15, 0.2) is 0 Å². The Morgan fingerprint density at radius 1 is 0.788 bits per heavy atom. The second-order valence-electron chi connectivity index (χ2n) is 7.19. The van der Waals surface area contributed by atoms with Crippen LogP contribution in [0.2, 0.25) is 0 Å². The highest BCUT2D eigenvalue weighted by Gasteiger charge is 2.18. The van der Waals surface area contributed by atoms with Crippen molar-refractivity contribution >= 4 is 27.3 Å². The molecule has 0 spiro atoms. The molecular formula is C25H19FN2O4S. The molecule has 3 N–H and O–H groups in total. The zero-order chi connectivity index (χ0) is 23.4. The average Bonchev–Trinajstić information content (AvgIpc) is 2.81. The number of sulfonamides is 1. The number of carbonyl (C=O) groups excluding carboxylic acids is 1. The summed E-state index contributed by atoms with van der Waals surface area (Å²) in [6, 6.07) is 25.1. The summed E-state index contributed by atoms with van der Waals surface area (Å²) in [6.07, 6.45) is 0. The van der Waals surface area contributed by atoms with Crippen LogP contribution in [-0.4, -0.2) is 19.4 Å². The summed E-state index contributed by atoms with van der Waals surface area (Å²) in [4.78, 5) is 12.5. The van der Waals surface area contributed by atoms with Crippen molar-refractivity contribution in [3.8, 4) is 16.9 Å². The Morgan fingerprint density at radius 2 is 1.42 bits per heavy atom. The van der Waals surface area contributed by atoms with Crippen LogP contribution in [0.25, 0.3) is 11.1 Å². The molecular weight excluding hydrogens is 443 g/mol. The lowest BCUT2D eigenvalue weighted by Crippen LogP contribution is -2.15. The van der Waals surface area contributed by atoms with E-state index >= 15 is 0 Å². The Labute approximate surface area is 190 Å². The summed E-state index contributed by atoms with van der Waals surface area (Å²) in [5.74, 6) is -1.42. The van der Waals surface area contributed by atoms with Crippen molar-refractivity contribution in [1.29, 1.82) is 0 Å². The van der Waals surface area contributed by atoms with Crippen LogP contribution in [0.5, 0.6) is 5.75 Å². The van der Waals surface area contributed by atoms with Gasteiger partial charge < -0.3 is 10.4 Å². The van der Waals surface area contributed by atoms with Gasteiger partial charge in [0.05, 0.1) is 10.6 Å². The maximum Gasteiger partial charge on any atom is 0.262 e. The van der Waals surface area contributed by atoms with Crippen molar-refractivity contribution in [3.63, 3.8) is 0 Å². The molecule has 0 aliphatic carbocycles. The summed E-state index contributed by atoms with van der Waals surface area (Å²) in [5, 5.41) is 12.8. The van der Waals surface area contributed by atoms with Gasteiger partial charge in [0.25, 0.3) is 15.9 Å². The van der Waals surface area contributed by atoms with Crippen LogP contribution >= 0.6 is 0 Å². The van der Waals surface area contributed by atoms with E-state index in [2.05, 4.69) is 10.0 Å². The minimum absolute atomic E-state index is 0.136. The quantitative estimate of drug-likeness (QED) is 0.341. The van der Waals surface area contributed by atoms with Gasteiger partial charge in [-0.1, -0.05) is 42.5 Å². The molecule has 0 heterocycles. The predicted octanol–water partition coefficient (Wildman–Crippen LogP) is 5.25. The second-order valence-corrected chi connectivity index (χ2v) is 8.87. The molecule has 6 nitrogen and oxygen atoms in total. The molecule has 4 aromatic rings. The fourth-order valence-electron chi connectivity index (χ4n) is 3.16. The van der Waals surface area contributed by atoms with E-state index in [-0.39, 0.29) is 21.9 Å². The van der Waals surface area contributed by atoms with Crippen molar-refractivity contribution in [2.24, 2.45) is 0 Å². The van der Waals surface area contributed by atoms with E-state index in [4.69, 9.17) is 0 Å². The molecule has 4 aromatic carbocycles. The molecule has 0 aromatic heterocycles. The van der Waals surface area contributed by atoms with E-state index in [1.54, 1.807) is 12.1 Å². The van der Waals surface area contributed by atoms with Gasteiger partial charge in [0.1, 0.15) is 11.6 Å². The topological polar surface area (TPSA) is 95.5 Å². The van der Waals surface area contributed by atoms with Crippen LogP contribution in [0, 0.1) is 5.82 Å². The molecule has 0 atom stereocenters. The van der Waals surface area contributed by atoms with Crippen LogP contribution in [0.1, 0.15) is 10.4 Å². The third kappa shape index (κ3) is 5.19. The average molecular weight is 463 g/mol. The minimum atomic E-state index is -4.09. The fourth-order valence-corrected chi connectivity index (χ4v) is 4.22. The normalized spacial score (nSPS) is 11.1. The lowest BCUT2D eigenvalue weighted by molar-refractivity contribution is 0.102. The van der Waals surface area contributed by atoms with E-state index in [0.29, 0.717) is 5.69 Å². The first-order valence-corrected chi connectivity index (χ1v) is 11.4. The number of hydrogen-bond donors (Lipinski definition) is 3. The molecule has 0 radical (unpaired) electrons. The standard InChI is InChI=1S/C25H19FN2O4S/c26-20-9-13-22(14-10-20)33(31,32)28-23-16-19(8-15-24(23)29)25(30)27-21-11-6-18(7-12-21)17-4-2-1-3-5-17/h1-16,28-29H,(H,27,30). The Kier molecular flexibility index (Phi) is 6.10. The number of benzene rings is 4. The Morgan fingerprint density at radius 3 is 2.09 bits per heavy atom. The Bertz CT molecular complexity index is 1390. The second kappa shape index (κ2) is 9.13. The van der Waals surface area contributed by atoms with Gasteiger partial charge in [0, 0.05) is 11.3 Å². The molecule has 1 amide bonds. The first-order chi connectivity index (χ1) is 15.8. The van der Waals surface area contributed by atoms with Crippen molar-refractivity contribution in [2.45, 2.75) is 4.90 Å². The summed E-state index contributed by atoms with van der Waals surface area (Å²) in [6.45, 7) is 0. The number of rotatable bonds is 6. The predicted molar refractivity (Wildman–Crippen MR) is 125 cm³/mol. The van der Waals surface area contributed by atoms with Crippen LogP contribution in [-0.2, 0) is 10.0 Å². The van der Waals surface area contributed by atoms with Gasteiger partial charge in [-0.05, 0) is 65.7 Å². The van der Waals surface area contributed by atoms with Crippen molar-refractivity contribution in [3.05, 3.63) is 108 Å². The lowest BCUT2D eigenvalue weighted by Gasteiger charge is -2.12. The maximum absolute atomic E-state index is 13.1. The number of nitrogens with one attached hydrogen (secondary N) is 2. The number of carbonyl (C=O) groups is 1. The number of phenolic OH excluding ortho intramolecular Hbond substituents is 1. The summed E-state index contributed by atoms with van der Waals surface area (Å²) in [5.41, 5.74) is 2.56. The van der Waals surface area contributed by atoms with Gasteiger partial charge >= 0.3 is 0 Å². The van der Waals surface area contributed by atoms with Gasteiger partial charge in [-0.2, -0.15) is 0 Å². The van der Waals surface area contributed by atoms with Gasteiger partial charge in [-0.3, -0.25) is 9.52 Å². The van der Waals surface area contributed by atoms with Crippen LogP contribution in [0.15, 0.2) is 102 Å². The van der Waals surface area contributed by atoms with E-state index in [9.17, 15) is 22.7 Å². The summed E-state index contributed by atoms with van der Waals surface area (Å²) >= 11 is 0. The molecule has 4 rings (SSSR count). The monoisotopic (exact) mass is 462 g/mol. The first kappa shape index (κ1) is 22.0. The highest BCUT2D eigenvalue weighted by Crippen LogP contribution is 2.28.